The van der Waals surface area contributed by atoms with Crippen molar-refractivity contribution in [2.75, 3.05) is 7.11 Å². The second-order valence-electron chi connectivity index (χ2n) is 2.96. The standard InChI is InChI=1S/C10H7ClF2N2O2/c1-17-10(16)8-6(9(12)13)2-5(4-14)15-7(8)3-11/h2,9H,3H2,1H3. The van der Waals surface area contributed by atoms with E-state index in [1.807, 2.05) is 0 Å². The van der Waals surface area contributed by atoms with Crippen LogP contribution < -0.4 is 0 Å². The van der Waals surface area contributed by atoms with Gasteiger partial charge in [-0.15, -0.1) is 11.6 Å². The van der Waals surface area contributed by atoms with E-state index in [9.17, 15) is 13.6 Å². The summed E-state index contributed by atoms with van der Waals surface area (Å²) in [5, 5.41) is 8.63. The molecular weight excluding hydrogens is 254 g/mol. The van der Waals surface area contributed by atoms with E-state index in [0.29, 0.717) is 0 Å². The van der Waals surface area contributed by atoms with Crippen molar-refractivity contribution in [2.45, 2.75) is 12.3 Å². The summed E-state index contributed by atoms with van der Waals surface area (Å²) in [6.07, 6.45) is -2.92. The quantitative estimate of drug-likeness (QED) is 0.618. The highest BCUT2D eigenvalue weighted by molar-refractivity contribution is 6.17. The molecule has 7 heteroatoms. The van der Waals surface area contributed by atoms with Crippen LogP contribution in [0.4, 0.5) is 8.78 Å². The number of ether oxygens (including phenoxy) is 1. The molecule has 0 fully saturated rings. The first-order valence-corrected chi connectivity index (χ1v) is 4.95. The normalized spacial score (nSPS) is 10.1. The SMILES string of the molecule is COC(=O)c1c(C(F)F)cc(C#N)nc1CCl. The Hall–Kier alpha value is -1.74. The number of carbonyl (C=O) groups is 1. The van der Waals surface area contributed by atoms with Gasteiger partial charge in [0, 0.05) is 5.56 Å². The van der Waals surface area contributed by atoms with Gasteiger partial charge in [0.25, 0.3) is 6.43 Å². The molecule has 1 heterocycles. The average molecular weight is 261 g/mol. The van der Waals surface area contributed by atoms with Crippen LogP contribution in [0.2, 0.25) is 0 Å². The average Bonchev–Trinajstić information content (AvgIpc) is 2.35. The van der Waals surface area contributed by atoms with Crippen molar-refractivity contribution < 1.29 is 18.3 Å². The second-order valence-corrected chi connectivity index (χ2v) is 3.22. The maximum absolute atomic E-state index is 12.8. The van der Waals surface area contributed by atoms with Crippen LogP contribution in [0.3, 0.4) is 0 Å². The number of nitrogens with zero attached hydrogens (tertiary/aromatic N) is 2. The summed E-state index contributed by atoms with van der Waals surface area (Å²) in [5.74, 6) is -1.22. The molecule has 0 saturated heterocycles. The first-order chi connectivity index (χ1) is 8.04. The minimum atomic E-state index is -2.92. The fourth-order valence-electron chi connectivity index (χ4n) is 1.28. The lowest BCUT2D eigenvalue weighted by atomic mass is 10.1. The highest BCUT2D eigenvalue weighted by atomic mass is 35.5. The van der Waals surface area contributed by atoms with E-state index in [-0.39, 0.29) is 22.8 Å². The molecule has 1 aromatic rings. The van der Waals surface area contributed by atoms with Gasteiger partial charge >= 0.3 is 5.97 Å². The first kappa shape index (κ1) is 13.3. The molecule has 0 amide bonds. The Bertz CT molecular complexity index is 486. The van der Waals surface area contributed by atoms with Crippen molar-refractivity contribution in [3.63, 3.8) is 0 Å². The van der Waals surface area contributed by atoms with Crippen molar-refractivity contribution in [1.29, 1.82) is 5.26 Å². The zero-order valence-electron chi connectivity index (χ0n) is 8.71. The lowest BCUT2D eigenvalue weighted by Crippen LogP contribution is -2.12. The van der Waals surface area contributed by atoms with Crippen LogP contribution in [0.25, 0.3) is 0 Å². The molecule has 0 radical (unpaired) electrons. The summed E-state index contributed by atoms with van der Waals surface area (Å²) in [6.45, 7) is 0. The molecule has 1 rings (SSSR count). The predicted molar refractivity (Wildman–Crippen MR) is 54.8 cm³/mol. The van der Waals surface area contributed by atoms with E-state index < -0.39 is 18.0 Å². The van der Waals surface area contributed by atoms with Gasteiger partial charge in [0.05, 0.1) is 24.2 Å². The Labute approximate surface area is 101 Å². The predicted octanol–water partition coefficient (Wildman–Crippen LogP) is 2.42. The molecule has 17 heavy (non-hydrogen) atoms. The van der Waals surface area contributed by atoms with Gasteiger partial charge in [0.1, 0.15) is 11.8 Å². The van der Waals surface area contributed by atoms with E-state index >= 15 is 0 Å². The number of methoxy groups -OCH3 is 1. The number of nitriles is 1. The van der Waals surface area contributed by atoms with Gasteiger partial charge in [-0.25, -0.2) is 18.6 Å². The molecular formula is C10H7ClF2N2O2. The maximum Gasteiger partial charge on any atom is 0.340 e. The number of aromatic nitrogens is 1. The monoisotopic (exact) mass is 260 g/mol. The number of hydrogen-bond acceptors (Lipinski definition) is 4. The molecule has 0 bridgehead atoms. The zero-order chi connectivity index (χ0) is 13.0. The number of pyridine rings is 1. The summed E-state index contributed by atoms with van der Waals surface area (Å²) in [7, 11) is 1.06. The third kappa shape index (κ3) is 2.68. The number of halogens is 3. The van der Waals surface area contributed by atoms with E-state index in [1.165, 1.54) is 0 Å². The lowest BCUT2D eigenvalue weighted by molar-refractivity contribution is 0.0587. The van der Waals surface area contributed by atoms with Crippen molar-refractivity contribution in [1.82, 2.24) is 4.98 Å². The number of esters is 1. The fourth-order valence-corrected chi connectivity index (χ4v) is 1.48. The summed E-state index contributed by atoms with van der Waals surface area (Å²) in [5.41, 5.74) is -1.29. The molecule has 90 valence electrons. The molecule has 0 unspecified atom stereocenters. The fraction of sp³-hybridized carbons (Fsp3) is 0.300. The zero-order valence-corrected chi connectivity index (χ0v) is 9.46. The highest BCUT2D eigenvalue weighted by Crippen LogP contribution is 2.27. The van der Waals surface area contributed by atoms with Gasteiger partial charge in [0.15, 0.2) is 0 Å². The lowest BCUT2D eigenvalue weighted by Gasteiger charge is -2.10. The van der Waals surface area contributed by atoms with Crippen molar-refractivity contribution in [2.24, 2.45) is 0 Å². The Morgan fingerprint density at radius 2 is 2.35 bits per heavy atom. The third-order valence-corrected chi connectivity index (χ3v) is 2.24. The van der Waals surface area contributed by atoms with Gasteiger partial charge in [-0.2, -0.15) is 5.26 Å². The summed E-state index contributed by atoms with van der Waals surface area (Å²) < 4.78 is 29.9. The molecule has 0 aliphatic carbocycles. The van der Waals surface area contributed by atoms with Crippen LogP contribution in [-0.4, -0.2) is 18.1 Å². The molecule has 0 N–H and O–H groups in total. The topological polar surface area (TPSA) is 63.0 Å². The number of hydrogen-bond donors (Lipinski definition) is 0. The van der Waals surface area contributed by atoms with Gasteiger partial charge in [0.2, 0.25) is 0 Å². The van der Waals surface area contributed by atoms with Crippen LogP contribution in [0, 0.1) is 11.3 Å². The Kier molecular flexibility index (Phi) is 4.35. The van der Waals surface area contributed by atoms with E-state index in [4.69, 9.17) is 16.9 Å². The van der Waals surface area contributed by atoms with Crippen molar-refractivity contribution in [3.8, 4) is 6.07 Å². The molecule has 1 aromatic heterocycles. The third-order valence-electron chi connectivity index (χ3n) is 1.99. The maximum atomic E-state index is 12.8. The molecule has 0 atom stereocenters. The summed E-state index contributed by atoms with van der Waals surface area (Å²) in [6, 6.07) is 2.48. The smallest absolute Gasteiger partial charge is 0.340 e. The molecule has 0 aliphatic rings. The summed E-state index contributed by atoms with van der Waals surface area (Å²) in [4.78, 5) is 15.1. The van der Waals surface area contributed by atoms with Crippen molar-refractivity contribution >= 4 is 17.6 Å². The Morgan fingerprint density at radius 1 is 1.71 bits per heavy atom. The Morgan fingerprint density at radius 3 is 2.76 bits per heavy atom. The van der Waals surface area contributed by atoms with Gasteiger partial charge < -0.3 is 4.74 Å². The largest absolute Gasteiger partial charge is 0.465 e. The number of carbonyl (C=O) groups excluding carboxylic acids is 1. The van der Waals surface area contributed by atoms with Crippen molar-refractivity contribution in [3.05, 3.63) is 28.6 Å². The number of alkyl halides is 3. The van der Waals surface area contributed by atoms with E-state index in [2.05, 4.69) is 9.72 Å². The molecule has 0 aliphatic heterocycles. The highest BCUT2D eigenvalue weighted by Gasteiger charge is 2.24. The van der Waals surface area contributed by atoms with E-state index in [1.54, 1.807) is 6.07 Å². The van der Waals surface area contributed by atoms with Gasteiger partial charge in [-0.3, -0.25) is 0 Å². The van der Waals surface area contributed by atoms with Gasteiger partial charge in [-0.1, -0.05) is 0 Å². The van der Waals surface area contributed by atoms with E-state index in [0.717, 1.165) is 13.2 Å². The van der Waals surface area contributed by atoms with Crippen LogP contribution in [0.5, 0.6) is 0 Å². The summed E-state index contributed by atoms with van der Waals surface area (Å²) >= 11 is 5.51. The van der Waals surface area contributed by atoms with Crippen LogP contribution in [0.1, 0.15) is 33.7 Å². The Balaban J connectivity index is 3.53. The first-order valence-electron chi connectivity index (χ1n) is 4.41. The van der Waals surface area contributed by atoms with Crippen LogP contribution in [-0.2, 0) is 10.6 Å². The minimum Gasteiger partial charge on any atom is -0.465 e. The molecule has 4 nitrogen and oxygen atoms in total. The molecule has 0 saturated carbocycles. The van der Waals surface area contributed by atoms with Crippen LogP contribution in [0.15, 0.2) is 6.07 Å². The van der Waals surface area contributed by atoms with Gasteiger partial charge in [-0.05, 0) is 6.07 Å². The van der Waals surface area contributed by atoms with Crippen LogP contribution >= 0.6 is 11.6 Å². The second kappa shape index (κ2) is 5.55. The molecule has 0 aromatic carbocycles. The minimum absolute atomic E-state index is 0.0899. The number of rotatable bonds is 3. The molecule has 0 spiro atoms.